The summed E-state index contributed by atoms with van der Waals surface area (Å²) in [6.07, 6.45) is 2.63. The summed E-state index contributed by atoms with van der Waals surface area (Å²) in [5.74, 6) is -0.603. The maximum Gasteiger partial charge on any atom is 0.395 e. The quantitative estimate of drug-likeness (QED) is 0.511. The Kier molecular flexibility index (Phi) is 4.49. The minimum atomic E-state index is -1.10. The van der Waals surface area contributed by atoms with E-state index in [1.54, 1.807) is 6.07 Å². The molecule has 1 aromatic carbocycles. The van der Waals surface area contributed by atoms with Gasteiger partial charge < -0.3 is 14.5 Å². The van der Waals surface area contributed by atoms with Crippen molar-refractivity contribution in [3.8, 4) is 17.2 Å². The van der Waals surface area contributed by atoms with E-state index < -0.39 is 27.0 Å². The lowest BCUT2D eigenvalue weighted by Crippen LogP contribution is -2.14. The van der Waals surface area contributed by atoms with Crippen LogP contribution in [0.15, 0.2) is 45.6 Å². The summed E-state index contributed by atoms with van der Waals surface area (Å²) in [6.45, 7) is 0. The second-order valence-corrected chi connectivity index (χ2v) is 5.19. The molecule has 0 unspecified atom stereocenters. The molecule has 0 aliphatic heterocycles. The molecule has 2 heterocycles. The van der Waals surface area contributed by atoms with E-state index >= 15 is 0 Å². The first-order valence-electron chi connectivity index (χ1n) is 7.36. The van der Waals surface area contributed by atoms with E-state index in [1.165, 1.54) is 42.5 Å². The van der Waals surface area contributed by atoms with Gasteiger partial charge in [-0.05, 0) is 30.4 Å². The van der Waals surface area contributed by atoms with Crippen molar-refractivity contribution in [2.45, 2.75) is 0 Å². The predicted molar refractivity (Wildman–Crippen MR) is 92.9 cm³/mol. The molecule has 136 valence electrons. The molecule has 0 aliphatic rings. The Morgan fingerprint density at radius 2 is 1.81 bits per heavy atom. The molecule has 3 rings (SSSR count). The van der Waals surface area contributed by atoms with E-state index in [4.69, 9.17) is 4.42 Å². The zero-order valence-corrected chi connectivity index (χ0v) is 13.4. The zero-order valence-electron chi connectivity index (χ0n) is 13.4. The Morgan fingerprint density at radius 3 is 2.48 bits per heavy atom. The predicted octanol–water partition coefficient (Wildman–Crippen LogP) is 2.72. The Bertz CT molecular complexity index is 1130. The van der Waals surface area contributed by atoms with Crippen molar-refractivity contribution in [2.24, 2.45) is 0 Å². The molecule has 2 aromatic heterocycles. The van der Waals surface area contributed by atoms with E-state index in [9.17, 15) is 30.1 Å². The van der Waals surface area contributed by atoms with Crippen LogP contribution in [0.5, 0.6) is 5.88 Å². The number of hydrogen-bond acceptors (Lipinski definition) is 8. The first-order chi connectivity index (χ1) is 12.9. The lowest BCUT2D eigenvalue weighted by atomic mass is 10.1. The highest BCUT2D eigenvalue weighted by Gasteiger charge is 2.21. The van der Waals surface area contributed by atoms with E-state index in [1.807, 2.05) is 0 Å². The first-order valence-corrected chi connectivity index (χ1v) is 7.36. The first kappa shape index (κ1) is 17.5. The van der Waals surface area contributed by atoms with Crippen molar-refractivity contribution in [3.63, 3.8) is 0 Å². The van der Waals surface area contributed by atoms with Gasteiger partial charge in [0.05, 0.1) is 15.4 Å². The maximum absolute atomic E-state index is 11.6. The van der Waals surface area contributed by atoms with Crippen LogP contribution in [0.3, 0.4) is 0 Å². The Labute approximate surface area is 149 Å². The number of para-hydroxylation sites is 1. The van der Waals surface area contributed by atoms with E-state index in [0.717, 1.165) is 0 Å². The number of aromatic nitrogens is 2. The van der Waals surface area contributed by atoms with E-state index in [0.29, 0.717) is 5.56 Å². The highest BCUT2D eigenvalue weighted by Crippen LogP contribution is 2.31. The number of furan rings is 1. The monoisotopic (exact) mass is 370 g/mol. The summed E-state index contributed by atoms with van der Waals surface area (Å²) in [6, 6.07) is 9.13. The number of nitro groups is 2. The van der Waals surface area contributed by atoms with E-state index in [-0.39, 0.29) is 23.0 Å². The van der Waals surface area contributed by atoms with Crippen LogP contribution in [0.25, 0.3) is 23.5 Å². The van der Waals surface area contributed by atoms with Crippen molar-refractivity contribution >= 4 is 23.5 Å². The van der Waals surface area contributed by atoms with Gasteiger partial charge in [-0.3, -0.25) is 25.0 Å². The lowest BCUT2D eigenvalue weighted by molar-refractivity contribution is -0.387. The number of aromatic hydroxyl groups is 1. The van der Waals surface area contributed by atoms with Gasteiger partial charge >= 0.3 is 11.2 Å². The third-order valence-corrected chi connectivity index (χ3v) is 3.48. The van der Waals surface area contributed by atoms with Crippen LogP contribution in [0.1, 0.15) is 11.6 Å². The third-order valence-electron chi connectivity index (χ3n) is 3.48. The fourth-order valence-corrected chi connectivity index (χ4v) is 2.30. The van der Waals surface area contributed by atoms with Gasteiger partial charge in [0, 0.05) is 6.07 Å². The molecule has 11 heteroatoms. The van der Waals surface area contributed by atoms with Crippen LogP contribution >= 0.6 is 0 Å². The standard InChI is InChI=1S/C16H10N4O7/c21-15-14(20(25)26)16(22)18-13(17-15)8-6-9-5-7-12(27-9)10-3-1-2-4-11(10)19(23)24/h1-8H,(H2,17,18,21,22)/b8-6-. The van der Waals surface area contributed by atoms with Gasteiger partial charge in [-0.2, -0.15) is 4.98 Å². The van der Waals surface area contributed by atoms with Crippen molar-refractivity contribution in [3.05, 3.63) is 78.6 Å². The summed E-state index contributed by atoms with van der Waals surface area (Å²) in [5, 5.41) is 31.2. The summed E-state index contributed by atoms with van der Waals surface area (Å²) in [4.78, 5) is 37.4. The lowest BCUT2D eigenvalue weighted by Gasteiger charge is -1.98. The number of H-pyrrole nitrogens is 1. The van der Waals surface area contributed by atoms with Gasteiger partial charge in [0.25, 0.3) is 11.6 Å². The van der Waals surface area contributed by atoms with Crippen LogP contribution in [-0.4, -0.2) is 24.9 Å². The number of nitrogens with one attached hydrogen (secondary N) is 1. The highest BCUT2D eigenvalue weighted by atomic mass is 16.6. The molecule has 0 bridgehead atoms. The third kappa shape index (κ3) is 3.56. The van der Waals surface area contributed by atoms with Crippen molar-refractivity contribution in [1.29, 1.82) is 0 Å². The molecular formula is C16H10N4O7. The molecule has 0 radical (unpaired) electrons. The summed E-state index contributed by atoms with van der Waals surface area (Å²) < 4.78 is 5.52. The molecule has 2 N–H and O–H groups in total. The van der Waals surface area contributed by atoms with Gasteiger partial charge in [0.1, 0.15) is 17.3 Å². The van der Waals surface area contributed by atoms with Crippen LogP contribution in [0.4, 0.5) is 11.4 Å². The van der Waals surface area contributed by atoms with Gasteiger partial charge in [0.2, 0.25) is 0 Å². The van der Waals surface area contributed by atoms with Crippen LogP contribution in [-0.2, 0) is 0 Å². The van der Waals surface area contributed by atoms with Gasteiger partial charge in [-0.1, -0.05) is 12.1 Å². The van der Waals surface area contributed by atoms with Crippen molar-refractivity contribution in [2.75, 3.05) is 0 Å². The number of hydrogen-bond donors (Lipinski definition) is 2. The Morgan fingerprint density at radius 1 is 1.07 bits per heavy atom. The number of aromatic amines is 1. The molecule has 27 heavy (non-hydrogen) atoms. The molecule has 0 atom stereocenters. The number of rotatable bonds is 5. The largest absolute Gasteiger partial charge is 0.488 e. The number of benzene rings is 1. The average molecular weight is 370 g/mol. The zero-order chi connectivity index (χ0) is 19.6. The van der Waals surface area contributed by atoms with Gasteiger partial charge in [-0.15, -0.1) is 0 Å². The number of nitro benzene ring substituents is 1. The molecule has 0 saturated carbocycles. The number of nitrogens with zero attached hydrogens (tertiary/aromatic N) is 3. The second-order valence-electron chi connectivity index (χ2n) is 5.19. The van der Waals surface area contributed by atoms with E-state index in [2.05, 4.69) is 9.97 Å². The Hall–Kier alpha value is -4.28. The SMILES string of the molecule is O=c1[nH]c(/C=C\c2ccc(-c3ccccc3[N+](=O)[O-])o2)nc(O)c1[N+](=O)[O-]. The fourth-order valence-electron chi connectivity index (χ4n) is 2.30. The van der Waals surface area contributed by atoms with Crippen LogP contribution in [0.2, 0.25) is 0 Å². The minimum absolute atomic E-state index is 0.117. The normalized spacial score (nSPS) is 11.0. The topological polar surface area (TPSA) is 165 Å². The van der Waals surface area contributed by atoms with Gasteiger partial charge in [0.15, 0.2) is 0 Å². The summed E-state index contributed by atoms with van der Waals surface area (Å²) in [5.41, 5.74) is -1.98. The van der Waals surface area contributed by atoms with Crippen LogP contribution in [0, 0.1) is 20.2 Å². The summed E-state index contributed by atoms with van der Waals surface area (Å²) in [7, 11) is 0. The maximum atomic E-state index is 11.6. The molecule has 0 fully saturated rings. The molecule has 0 saturated heterocycles. The molecule has 3 aromatic rings. The van der Waals surface area contributed by atoms with Crippen molar-refractivity contribution < 1.29 is 19.4 Å². The second kappa shape index (κ2) is 6.92. The van der Waals surface area contributed by atoms with Gasteiger partial charge in [-0.25, -0.2) is 0 Å². The van der Waals surface area contributed by atoms with Crippen LogP contribution < -0.4 is 5.56 Å². The van der Waals surface area contributed by atoms with Crippen molar-refractivity contribution in [1.82, 2.24) is 9.97 Å². The minimum Gasteiger partial charge on any atom is -0.488 e. The molecule has 0 amide bonds. The molecule has 0 spiro atoms. The smallest absolute Gasteiger partial charge is 0.395 e. The molecule has 0 aliphatic carbocycles. The summed E-state index contributed by atoms with van der Waals surface area (Å²) >= 11 is 0. The highest BCUT2D eigenvalue weighted by molar-refractivity contribution is 5.71. The fraction of sp³-hybridized carbons (Fsp3) is 0. The Balaban J connectivity index is 1.90. The molecule has 11 nitrogen and oxygen atoms in total. The average Bonchev–Trinajstić information content (AvgIpc) is 3.08. The molecular weight excluding hydrogens is 360 g/mol.